The number of anilines is 1. The third-order valence-electron chi connectivity index (χ3n) is 4.27. The minimum absolute atomic E-state index is 0.196. The molecule has 0 bridgehead atoms. The van der Waals surface area contributed by atoms with Crippen LogP contribution in [0.2, 0.25) is 0 Å². The Hall–Kier alpha value is -3.47. The van der Waals surface area contributed by atoms with Gasteiger partial charge in [-0.1, -0.05) is 42.0 Å². The zero-order chi connectivity index (χ0) is 20.1. The quantitative estimate of drug-likeness (QED) is 0.704. The molecule has 0 atom stereocenters. The van der Waals surface area contributed by atoms with Gasteiger partial charge in [0.1, 0.15) is 11.4 Å². The van der Waals surface area contributed by atoms with Gasteiger partial charge in [-0.15, -0.1) is 0 Å². The lowest BCUT2D eigenvalue weighted by atomic mass is 10.1. The number of carbonyl (C=O) groups excluding carboxylic acids is 2. The van der Waals surface area contributed by atoms with Gasteiger partial charge in [0, 0.05) is 12.2 Å². The van der Waals surface area contributed by atoms with E-state index in [1.165, 1.54) is 5.56 Å². The molecule has 3 rings (SSSR count). The van der Waals surface area contributed by atoms with Gasteiger partial charge < -0.3 is 10.6 Å². The third kappa shape index (κ3) is 5.04. The van der Waals surface area contributed by atoms with Crippen LogP contribution < -0.4 is 10.6 Å². The molecule has 0 radical (unpaired) electrons. The minimum atomic E-state index is -0.349. The molecule has 5 heteroatoms. The van der Waals surface area contributed by atoms with Crippen molar-refractivity contribution in [1.29, 1.82) is 0 Å². The standard InChI is InChI=1S/C23H23N3O2/c1-15-7-9-18(10-8-15)14-24-22(27)20-5-4-6-21(26-20)23(28)25-19-12-16(2)11-17(3)13-19/h4-13H,14H2,1-3H3,(H,24,27)(H,25,28). The number of hydrogen-bond acceptors (Lipinski definition) is 3. The molecule has 0 saturated heterocycles. The lowest BCUT2D eigenvalue weighted by Crippen LogP contribution is -2.25. The van der Waals surface area contributed by atoms with Crippen LogP contribution in [0, 0.1) is 20.8 Å². The average molecular weight is 373 g/mol. The molecule has 2 N–H and O–H groups in total. The second kappa shape index (κ2) is 8.48. The van der Waals surface area contributed by atoms with E-state index in [4.69, 9.17) is 0 Å². The number of amides is 2. The summed E-state index contributed by atoms with van der Waals surface area (Å²) in [6.07, 6.45) is 0. The first kappa shape index (κ1) is 19.3. The molecular weight excluding hydrogens is 350 g/mol. The Bertz CT molecular complexity index is 990. The van der Waals surface area contributed by atoms with Gasteiger partial charge in [0.15, 0.2) is 0 Å². The van der Waals surface area contributed by atoms with Crippen molar-refractivity contribution in [1.82, 2.24) is 10.3 Å². The second-order valence-electron chi connectivity index (χ2n) is 6.91. The van der Waals surface area contributed by atoms with Crippen molar-refractivity contribution in [2.75, 3.05) is 5.32 Å². The summed E-state index contributed by atoms with van der Waals surface area (Å²) in [5.74, 6) is -0.667. The van der Waals surface area contributed by atoms with Crippen LogP contribution in [0.25, 0.3) is 0 Å². The maximum Gasteiger partial charge on any atom is 0.274 e. The van der Waals surface area contributed by atoms with Crippen LogP contribution in [0.15, 0.2) is 60.7 Å². The molecule has 3 aromatic rings. The first-order chi connectivity index (χ1) is 13.4. The van der Waals surface area contributed by atoms with Gasteiger partial charge in [0.05, 0.1) is 0 Å². The molecule has 0 aliphatic rings. The van der Waals surface area contributed by atoms with Gasteiger partial charge in [0.2, 0.25) is 0 Å². The molecule has 2 aromatic carbocycles. The first-order valence-electron chi connectivity index (χ1n) is 9.11. The molecule has 0 spiro atoms. The molecular formula is C23H23N3O2. The SMILES string of the molecule is Cc1ccc(CNC(=O)c2cccc(C(=O)Nc3cc(C)cc(C)c3)n2)cc1. The number of aromatic nitrogens is 1. The number of pyridine rings is 1. The number of hydrogen-bond donors (Lipinski definition) is 2. The Morgan fingerprint density at radius 2 is 1.39 bits per heavy atom. The predicted molar refractivity (Wildman–Crippen MR) is 110 cm³/mol. The van der Waals surface area contributed by atoms with E-state index >= 15 is 0 Å². The second-order valence-corrected chi connectivity index (χ2v) is 6.91. The fourth-order valence-electron chi connectivity index (χ4n) is 2.91. The normalized spacial score (nSPS) is 10.4. The van der Waals surface area contributed by atoms with Gasteiger partial charge in [-0.05, 0) is 61.7 Å². The molecule has 1 aromatic heterocycles. The van der Waals surface area contributed by atoms with Gasteiger partial charge in [0.25, 0.3) is 11.8 Å². The molecule has 5 nitrogen and oxygen atoms in total. The van der Waals surface area contributed by atoms with Crippen LogP contribution in [-0.2, 0) is 6.54 Å². The predicted octanol–water partition coefficient (Wildman–Crippen LogP) is 4.19. The Labute approximate surface area is 164 Å². The van der Waals surface area contributed by atoms with E-state index in [1.807, 2.05) is 63.2 Å². The number of nitrogens with one attached hydrogen (secondary N) is 2. The van der Waals surface area contributed by atoms with Crippen molar-refractivity contribution in [3.8, 4) is 0 Å². The van der Waals surface area contributed by atoms with E-state index in [9.17, 15) is 9.59 Å². The summed E-state index contributed by atoms with van der Waals surface area (Å²) in [7, 11) is 0. The third-order valence-corrected chi connectivity index (χ3v) is 4.27. The Balaban J connectivity index is 1.67. The van der Waals surface area contributed by atoms with Crippen LogP contribution in [0.3, 0.4) is 0 Å². The molecule has 0 saturated carbocycles. The van der Waals surface area contributed by atoms with Gasteiger partial charge in [-0.3, -0.25) is 9.59 Å². The van der Waals surface area contributed by atoms with Gasteiger partial charge in [-0.25, -0.2) is 4.98 Å². The number of aryl methyl sites for hydroxylation is 3. The summed E-state index contributed by atoms with van der Waals surface area (Å²) in [6.45, 7) is 6.36. The number of nitrogens with zero attached hydrogens (tertiary/aromatic N) is 1. The summed E-state index contributed by atoms with van der Waals surface area (Å²) < 4.78 is 0. The van der Waals surface area contributed by atoms with E-state index in [2.05, 4.69) is 15.6 Å². The molecule has 28 heavy (non-hydrogen) atoms. The number of rotatable bonds is 5. The van der Waals surface area contributed by atoms with Crippen molar-refractivity contribution in [2.45, 2.75) is 27.3 Å². The summed E-state index contributed by atoms with van der Waals surface area (Å²) in [4.78, 5) is 29.1. The van der Waals surface area contributed by atoms with Gasteiger partial charge >= 0.3 is 0 Å². The highest BCUT2D eigenvalue weighted by molar-refractivity contribution is 6.03. The summed E-state index contributed by atoms with van der Waals surface area (Å²) in [5, 5.41) is 5.67. The summed E-state index contributed by atoms with van der Waals surface area (Å²) in [6, 6.07) is 18.6. The van der Waals surface area contributed by atoms with E-state index in [-0.39, 0.29) is 23.2 Å². The summed E-state index contributed by atoms with van der Waals surface area (Å²) in [5.41, 5.74) is 5.41. The van der Waals surface area contributed by atoms with Crippen LogP contribution in [0.4, 0.5) is 5.69 Å². The Morgan fingerprint density at radius 3 is 2.04 bits per heavy atom. The van der Waals surface area contributed by atoms with Crippen molar-refractivity contribution >= 4 is 17.5 Å². The van der Waals surface area contributed by atoms with Crippen LogP contribution in [-0.4, -0.2) is 16.8 Å². The summed E-state index contributed by atoms with van der Waals surface area (Å²) >= 11 is 0. The van der Waals surface area contributed by atoms with E-state index in [0.717, 1.165) is 16.7 Å². The molecule has 0 aliphatic heterocycles. The minimum Gasteiger partial charge on any atom is -0.347 e. The van der Waals surface area contributed by atoms with Crippen LogP contribution >= 0.6 is 0 Å². The van der Waals surface area contributed by atoms with Crippen molar-refractivity contribution < 1.29 is 9.59 Å². The first-order valence-corrected chi connectivity index (χ1v) is 9.11. The fourth-order valence-corrected chi connectivity index (χ4v) is 2.91. The number of carbonyl (C=O) groups is 2. The molecule has 0 fully saturated rings. The highest BCUT2D eigenvalue weighted by Gasteiger charge is 2.13. The lowest BCUT2D eigenvalue weighted by molar-refractivity contribution is 0.0945. The van der Waals surface area contributed by atoms with Crippen molar-refractivity contribution in [3.63, 3.8) is 0 Å². The van der Waals surface area contributed by atoms with Crippen molar-refractivity contribution in [2.24, 2.45) is 0 Å². The maximum atomic E-state index is 12.5. The fraction of sp³-hybridized carbons (Fsp3) is 0.174. The lowest BCUT2D eigenvalue weighted by Gasteiger charge is -2.09. The molecule has 1 heterocycles. The number of benzene rings is 2. The van der Waals surface area contributed by atoms with Crippen LogP contribution in [0.1, 0.15) is 43.2 Å². The van der Waals surface area contributed by atoms with E-state index in [0.29, 0.717) is 12.2 Å². The van der Waals surface area contributed by atoms with E-state index < -0.39 is 0 Å². The van der Waals surface area contributed by atoms with Crippen molar-refractivity contribution in [3.05, 3.63) is 94.3 Å². The zero-order valence-corrected chi connectivity index (χ0v) is 16.2. The van der Waals surface area contributed by atoms with Gasteiger partial charge in [-0.2, -0.15) is 0 Å². The topological polar surface area (TPSA) is 71.1 Å². The molecule has 0 aliphatic carbocycles. The zero-order valence-electron chi connectivity index (χ0n) is 16.2. The molecule has 2 amide bonds. The molecule has 0 unspecified atom stereocenters. The Morgan fingerprint density at radius 1 is 0.786 bits per heavy atom. The largest absolute Gasteiger partial charge is 0.347 e. The average Bonchev–Trinajstić information content (AvgIpc) is 2.66. The molecule has 142 valence electrons. The van der Waals surface area contributed by atoms with Crippen LogP contribution in [0.5, 0.6) is 0 Å². The maximum absolute atomic E-state index is 12.5. The van der Waals surface area contributed by atoms with E-state index in [1.54, 1.807) is 18.2 Å². The highest BCUT2D eigenvalue weighted by Crippen LogP contribution is 2.15. The smallest absolute Gasteiger partial charge is 0.274 e. The Kier molecular flexibility index (Phi) is 5.84. The highest BCUT2D eigenvalue weighted by atomic mass is 16.2. The monoisotopic (exact) mass is 373 g/mol.